The fourth-order valence-electron chi connectivity index (χ4n) is 4.00. The van der Waals surface area contributed by atoms with Crippen molar-refractivity contribution in [1.82, 2.24) is 9.97 Å². The summed E-state index contributed by atoms with van der Waals surface area (Å²) in [6.45, 7) is 7.00. The van der Waals surface area contributed by atoms with E-state index in [0.717, 1.165) is 17.6 Å². The molecule has 3 N–H and O–H groups in total. The van der Waals surface area contributed by atoms with Crippen LogP contribution in [0.15, 0.2) is 35.8 Å². The van der Waals surface area contributed by atoms with Gasteiger partial charge in [0.05, 0.1) is 11.8 Å². The van der Waals surface area contributed by atoms with E-state index >= 15 is 0 Å². The standard InChI is InChI=1S/C19H22N4/c1-12-4-13(7-19(2,3)6-12)14-5-16-17(15-9-22-23-10-15)11-21-18(16)20-8-14/h5,7-12H,4,6H2,1-3H3,(H,20,21)(H,22,23)/p+1. The number of fused-ring (bicyclic) bond motifs is 1. The first-order valence-electron chi connectivity index (χ1n) is 8.28. The molecule has 0 bridgehead atoms. The Morgan fingerprint density at radius 1 is 1.35 bits per heavy atom. The number of pyridine rings is 1. The molecule has 0 spiro atoms. The first-order valence-corrected chi connectivity index (χ1v) is 8.28. The molecule has 4 heteroatoms. The molecular weight excluding hydrogens is 284 g/mol. The molecule has 0 saturated heterocycles. The van der Waals surface area contributed by atoms with Gasteiger partial charge in [-0.3, -0.25) is 0 Å². The largest absolute Gasteiger partial charge is 0.346 e. The average Bonchev–Trinajstić information content (AvgIpc) is 3.13. The minimum absolute atomic E-state index is 0.262. The predicted octanol–water partition coefficient (Wildman–Crippen LogP) is 3.31. The van der Waals surface area contributed by atoms with E-state index in [2.05, 4.69) is 48.0 Å². The molecule has 1 aliphatic heterocycles. The summed E-state index contributed by atoms with van der Waals surface area (Å²) in [5.41, 5.74) is 8.02. The molecule has 1 atom stereocenters. The lowest BCUT2D eigenvalue weighted by molar-refractivity contribution is -0.589. The van der Waals surface area contributed by atoms with Gasteiger partial charge in [-0.2, -0.15) is 5.43 Å². The maximum absolute atomic E-state index is 4.64. The van der Waals surface area contributed by atoms with Crippen molar-refractivity contribution < 1.29 is 5.43 Å². The van der Waals surface area contributed by atoms with Crippen LogP contribution >= 0.6 is 0 Å². The van der Waals surface area contributed by atoms with Gasteiger partial charge in [-0.05, 0) is 41.4 Å². The summed E-state index contributed by atoms with van der Waals surface area (Å²) in [7, 11) is 0. The SMILES string of the molecule is CC1CC(c2cnc3[nH]cc(C4=C[NH2+]N=C4)c3c2)=CC(C)(C)C1. The van der Waals surface area contributed by atoms with Crippen LogP contribution in [0.1, 0.15) is 44.7 Å². The number of nitrogens with two attached hydrogens (primary N) is 1. The maximum atomic E-state index is 4.64. The van der Waals surface area contributed by atoms with E-state index in [1.54, 1.807) is 0 Å². The molecule has 4 rings (SSSR count). The molecule has 2 aromatic rings. The number of rotatable bonds is 2. The Hall–Kier alpha value is -2.20. The van der Waals surface area contributed by atoms with Crippen molar-refractivity contribution in [2.75, 3.05) is 0 Å². The van der Waals surface area contributed by atoms with Gasteiger partial charge in [-0.25, -0.2) is 4.98 Å². The summed E-state index contributed by atoms with van der Waals surface area (Å²) >= 11 is 0. The number of hydrogen-bond acceptors (Lipinski definition) is 2. The van der Waals surface area contributed by atoms with Crippen LogP contribution in [0.25, 0.3) is 22.2 Å². The highest BCUT2D eigenvalue weighted by Gasteiger charge is 2.26. The summed E-state index contributed by atoms with van der Waals surface area (Å²) in [4.78, 5) is 7.92. The molecule has 0 aromatic carbocycles. The zero-order valence-electron chi connectivity index (χ0n) is 13.9. The van der Waals surface area contributed by atoms with Crippen LogP contribution in [0, 0.1) is 11.3 Å². The van der Waals surface area contributed by atoms with Crippen molar-refractivity contribution in [3.05, 3.63) is 41.9 Å². The van der Waals surface area contributed by atoms with Gasteiger partial charge >= 0.3 is 0 Å². The van der Waals surface area contributed by atoms with Gasteiger partial charge in [0.25, 0.3) is 0 Å². The molecule has 0 radical (unpaired) electrons. The van der Waals surface area contributed by atoms with E-state index in [1.807, 2.05) is 30.2 Å². The summed E-state index contributed by atoms with van der Waals surface area (Å²) in [6.07, 6.45) is 12.8. The van der Waals surface area contributed by atoms with E-state index in [1.165, 1.54) is 28.5 Å². The van der Waals surface area contributed by atoms with Crippen LogP contribution < -0.4 is 5.43 Å². The highest BCUT2D eigenvalue weighted by Crippen LogP contribution is 2.41. The van der Waals surface area contributed by atoms with Gasteiger partial charge in [0, 0.05) is 23.3 Å². The van der Waals surface area contributed by atoms with Gasteiger partial charge in [-0.15, -0.1) is 0 Å². The van der Waals surface area contributed by atoms with E-state index in [9.17, 15) is 0 Å². The molecule has 0 fully saturated rings. The summed E-state index contributed by atoms with van der Waals surface area (Å²) < 4.78 is 0. The van der Waals surface area contributed by atoms with E-state index < -0.39 is 0 Å². The molecule has 3 heterocycles. The van der Waals surface area contributed by atoms with Crippen molar-refractivity contribution in [2.45, 2.75) is 33.6 Å². The number of nitrogens with one attached hydrogen (secondary N) is 1. The minimum Gasteiger partial charge on any atom is -0.346 e. The molecule has 23 heavy (non-hydrogen) atoms. The molecule has 1 unspecified atom stereocenters. The van der Waals surface area contributed by atoms with E-state index in [4.69, 9.17) is 0 Å². The van der Waals surface area contributed by atoms with Crippen molar-refractivity contribution >= 4 is 28.4 Å². The molecule has 1 aliphatic carbocycles. The van der Waals surface area contributed by atoms with E-state index in [-0.39, 0.29) is 5.41 Å². The number of allylic oxidation sites excluding steroid dienone is 3. The molecule has 2 aliphatic rings. The van der Waals surface area contributed by atoms with Crippen molar-refractivity contribution in [3.63, 3.8) is 0 Å². The second-order valence-corrected chi connectivity index (χ2v) is 7.54. The van der Waals surface area contributed by atoms with Crippen LogP contribution in [0.2, 0.25) is 0 Å². The van der Waals surface area contributed by atoms with Gasteiger partial charge in [0.2, 0.25) is 0 Å². The molecule has 2 aromatic heterocycles. The van der Waals surface area contributed by atoms with Crippen LogP contribution in [-0.2, 0) is 0 Å². The third-order valence-corrected chi connectivity index (χ3v) is 4.77. The predicted molar refractivity (Wildman–Crippen MR) is 94.6 cm³/mol. The zero-order chi connectivity index (χ0) is 16.0. The van der Waals surface area contributed by atoms with Crippen LogP contribution in [0.4, 0.5) is 0 Å². The first kappa shape index (κ1) is 14.4. The highest BCUT2D eigenvalue weighted by molar-refractivity contribution is 6.14. The van der Waals surface area contributed by atoms with Gasteiger partial charge in [0.1, 0.15) is 11.8 Å². The molecule has 0 saturated carbocycles. The first-order chi connectivity index (χ1) is 11.0. The van der Waals surface area contributed by atoms with Gasteiger partial charge in [-0.1, -0.05) is 31.9 Å². The number of aromatic nitrogens is 2. The third-order valence-electron chi connectivity index (χ3n) is 4.77. The van der Waals surface area contributed by atoms with Crippen LogP contribution in [0.3, 0.4) is 0 Å². The van der Waals surface area contributed by atoms with Crippen LogP contribution in [-0.4, -0.2) is 16.2 Å². The highest BCUT2D eigenvalue weighted by atomic mass is 15.3. The number of quaternary nitrogens is 1. The molecule has 118 valence electrons. The Kier molecular flexibility index (Phi) is 3.23. The normalized spacial score (nSPS) is 23.2. The van der Waals surface area contributed by atoms with Gasteiger partial charge < -0.3 is 4.98 Å². The lowest BCUT2D eigenvalue weighted by Crippen LogP contribution is -2.69. The Bertz CT molecular complexity index is 851. The second kappa shape index (κ2) is 5.17. The lowest BCUT2D eigenvalue weighted by atomic mass is 9.73. The van der Waals surface area contributed by atoms with Crippen molar-refractivity contribution in [2.24, 2.45) is 16.4 Å². The summed E-state index contributed by atoms with van der Waals surface area (Å²) in [5, 5.41) is 5.35. The smallest absolute Gasteiger partial charge is 0.137 e. The number of aromatic amines is 1. The van der Waals surface area contributed by atoms with Crippen LogP contribution in [0.5, 0.6) is 0 Å². The fourth-order valence-corrected chi connectivity index (χ4v) is 4.00. The molecular formula is C19H23N4+. The Morgan fingerprint density at radius 3 is 2.96 bits per heavy atom. The second-order valence-electron chi connectivity index (χ2n) is 7.54. The number of hydrogen-bond donors (Lipinski definition) is 2. The van der Waals surface area contributed by atoms with Gasteiger partial charge in [0.15, 0.2) is 0 Å². The monoisotopic (exact) mass is 307 g/mol. The van der Waals surface area contributed by atoms with E-state index in [0.29, 0.717) is 5.92 Å². The minimum atomic E-state index is 0.262. The topological polar surface area (TPSA) is 57.6 Å². The third kappa shape index (κ3) is 2.63. The maximum Gasteiger partial charge on any atom is 0.137 e. The van der Waals surface area contributed by atoms with Crippen molar-refractivity contribution in [3.8, 4) is 0 Å². The Labute approximate surface area is 136 Å². The van der Waals surface area contributed by atoms with Crippen molar-refractivity contribution in [1.29, 1.82) is 0 Å². The molecule has 0 amide bonds. The quantitative estimate of drug-likeness (QED) is 0.822. The zero-order valence-corrected chi connectivity index (χ0v) is 13.9. The Balaban J connectivity index is 1.81. The molecule has 4 nitrogen and oxygen atoms in total. The summed E-state index contributed by atoms with van der Waals surface area (Å²) in [5.74, 6) is 0.714. The number of nitrogens with zero attached hydrogens (tertiary/aromatic N) is 2. The number of H-pyrrole nitrogens is 1. The lowest BCUT2D eigenvalue weighted by Gasteiger charge is -2.32. The Morgan fingerprint density at radius 2 is 2.22 bits per heavy atom. The fraction of sp³-hybridized carbons (Fsp3) is 0.368. The summed E-state index contributed by atoms with van der Waals surface area (Å²) in [6, 6.07) is 2.28. The average molecular weight is 307 g/mol.